The Bertz CT molecular complexity index is 1180. The van der Waals surface area contributed by atoms with Crippen molar-refractivity contribution in [1.29, 1.82) is 0 Å². The normalized spacial score (nSPS) is 10.6. The number of fused-ring (bicyclic) bond motifs is 1. The maximum atomic E-state index is 11.7. The van der Waals surface area contributed by atoms with E-state index >= 15 is 0 Å². The fraction of sp³-hybridized carbons (Fsp3) is 0. The molecule has 10 heteroatoms. The molecule has 0 bridgehead atoms. The second-order valence-electron chi connectivity index (χ2n) is 5.53. The highest BCUT2D eigenvalue weighted by Gasteiger charge is 2.26. The smallest absolute Gasteiger partial charge is 0.373 e. The van der Waals surface area contributed by atoms with Gasteiger partial charge in [0.1, 0.15) is 11.8 Å². The molecule has 138 valence electrons. The van der Waals surface area contributed by atoms with Gasteiger partial charge < -0.3 is 10.1 Å². The molecular weight excluding hydrogens is 384 g/mol. The molecule has 0 atom stereocenters. The van der Waals surface area contributed by atoms with Gasteiger partial charge in [-0.1, -0.05) is 29.8 Å². The minimum absolute atomic E-state index is 0.0712. The molecule has 1 aromatic carbocycles. The second kappa shape index (κ2) is 7.41. The number of benzene rings is 1. The number of para-hydroxylation sites is 1. The van der Waals surface area contributed by atoms with Gasteiger partial charge >= 0.3 is 11.6 Å². The number of nitrogens with one attached hydrogen (secondary N) is 1. The quantitative estimate of drug-likeness (QED) is 0.298. The van der Waals surface area contributed by atoms with Crippen molar-refractivity contribution < 1.29 is 9.66 Å². The molecule has 1 N–H and O–H groups in total. The lowest BCUT2D eigenvalue weighted by Gasteiger charge is -2.10. The van der Waals surface area contributed by atoms with Crippen LogP contribution in [-0.4, -0.2) is 24.9 Å². The van der Waals surface area contributed by atoms with Gasteiger partial charge in [-0.15, -0.1) is 0 Å². The van der Waals surface area contributed by atoms with Crippen LogP contribution in [0.3, 0.4) is 0 Å². The van der Waals surface area contributed by atoms with Crippen LogP contribution in [0.4, 0.5) is 17.2 Å². The molecule has 9 nitrogen and oxygen atoms in total. The summed E-state index contributed by atoms with van der Waals surface area (Å²) in [5.74, 6) is 0.0454. The van der Waals surface area contributed by atoms with Crippen molar-refractivity contribution in [2.45, 2.75) is 0 Å². The van der Waals surface area contributed by atoms with E-state index in [9.17, 15) is 10.1 Å². The first-order valence-electron chi connectivity index (χ1n) is 8.02. The minimum atomic E-state index is -0.625. The summed E-state index contributed by atoms with van der Waals surface area (Å²) >= 11 is 6.01. The Hall–Kier alpha value is -3.85. The van der Waals surface area contributed by atoms with E-state index in [1.807, 2.05) is 12.1 Å². The Morgan fingerprint density at radius 2 is 1.79 bits per heavy atom. The predicted octanol–water partition coefficient (Wildman–Crippen LogP) is 4.52. The molecule has 3 heterocycles. The summed E-state index contributed by atoms with van der Waals surface area (Å²) in [7, 11) is 0. The Labute approximate surface area is 163 Å². The highest BCUT2D eigenvalue weighted by atomic mass is 35.5. The van der Waals surface area contributed by atoms with Gasteiger partial charge in [-0.05, 0) is 24.3 Å². The Balaban J connectivity index is 1.77. The van der Waals surface area contributed by atoms with Gasteiger partial charge in [-0.3, -0.25) is 15.1 Å². The summed E-state index contributed by atoms with van der Waals surface area (Å²) in [6.45, 7) is 0. The third-order valence-electron chi connectivity index (χ3n) is 3.79. The van der Waals surface area contributed by atoms with E-state index in [4.69, 9.17) is 16.3 Å². The second-order valence-corrected chi connectivity index (χ2v) is 5.89. The van der Waals surface area contributed by atoms with Gasteiger partial charge in [-0.25, -0.2) is 9.97 Å². The van der Waals surface area contributed by atoms with Crippen molar-refractivity contribution in [3.63, 3.8) is 0 Å². The van der Waals surface area contributed by atoms with Gasteiger partial charge in [0.15, 0.2) is 10.9 Å². The molecule has 0 unspecified atom stereocenters. The van der Waals surface area contributed by atoms with Crippen LogP contribution in [0.25, 0.3) is 10.9 Å². The minimum Gasteiger partial charge on any atom is -0.431 e. The summed E-state index contributed by atoms with van der Waals surface area (Å²) in [4.78, 5) is 27.2. The number of nitro groups is 1. The number of anilines is 2. The van der Waals surface area contributed by atoms with Gasteiger partial charge in [-0.2, -0.15) is 4.98 Å². The Kier molecular flexibility index (Phi) is 4.65. The van der Waals surface area contributed by atoms with Crippen LogP contribution >= 0.6 is 11.6 Å². The van der Waals surface area contributed by atoms with Crippen molar-refractivity contribution in [3.05, 3.63) is 76.5 Å². The van der Waals surface area contributed by atoms with Crippen LogP contribution < -0.4 is 10.1 Å². The number of rotatable bonds is 5. The van der Waals surface area contributed by atoms with Crippen LogP contribution in [0, 0.1) is 10.1 Å². The SMILES string of the molecule is O=[N+]([O-])c1c(Nc2cccnc2Cl)ncnc1Oc1cccc2cccnc12. The number of aromatic nitrogens is 4. The number of pyridine rings is 2. The van der Waals surface area contributed by atoms with E-state index in [-0.39, 0.29) is 16.9 Å². The molecule has 0 aliphatic carbocycles. The van der Waals surface area contributed by atoms with Crippen LogP contribution in [0.5, 0.6) is 11.6 Å². The molecule has 0 aliphatic heterocycles. The first kappa shape index (κ1) is 17.6. The fourth-order valence-electron chi connectivity index (χ4n) is 2.56. The third kappa shape index (κ3) is 3.38. The van der Waals surface area contributed by atoms with Crippen molar-refractivity contribution in [3.8, 4) is 11.6 Å². The summed E-state index contributed by atoms with van der Waals surface area (Å²) < 4.78 is 5.75. The number of hydrogen-bond acceptors (Lipinski definition) is 8. The van der Waals surface area contributed by atoms with Crippen molar-refractivity contribution >= 4 is 39.7 Å². The van der Waals surface area contributed by atoms with E-state index in [1.54, 1.807) is 36.5 Å². The number of hydrogen-bond donors (Lipinski definition) is 1. The lowest BCUT2D eigenvalue weighted by atomic mass is 10.2. The van der Waals surface area contributed by atoms with E-state index in [1.165, 1.54) is 6.20 Å². The van der Waals surface area contributed by atoms with E-state index in [0.29, 0.717) is 17.0 Å². The summed E-state index contributed by atoms with van der Waals surface area (Å²) in [6.07, 6.45) is 4.28. The van der Waals surface area contributed by atoms with Crippen molar-refractivity contribution in [1.82, 2.24) is 19.9 Å². The number of ether oxygens (including phenoxy) is 1. The highest BCUT2D eigenvalue weighted by molar-refractivity contribution is 6.32. The molecule has 3 aromatic heterocycles. The first-order valence-corrected chi connectivity index (χ1v) is 8.40. The van der Waals surface area contributed by atoms with Crippen LogP contribution in [0.1, 0.15) is 0 Å². The third-order valence-corrected chi connectivity index (χ3v) is 4.09. The summed E-state index contributed by atoms with van der Waals surface area (Å²) in [6, 6.07) is 12.2. The molecule has 0 radical (unpaired) electrons. The van der Waals surface area contributed by atoms with Gasteiger partial charge in [0.25, 0.3) is 0 Å². The molecular formula is C18H11ClN6O3. The largest absolute Gasteiger partial charge is 0.431 e. The topological polar surface area (TPSA) is 116 Å². The summed E-state index contributed by atoms with van der Waals surface area (Å²) in [5.41, 5.74) is 0.488. The molecule has 0 saturated heterocycles. The highest BCUT2D eigenvalue weighted by Crippen LogP contribution is 2.37. The lowest BCUT2D eigenvalue weighted by Crippen LogP contribution is -2.04. The van der Waals surface area contributed by atoms with E-state index in [0.717, 1.165) is 11.7 Å². The Morgan fingerprint density at radius 1 is 1.00 bits per heavy atom. The molecule has 4 rings (SSSR count). The average molecular weight is 395 g/mol. The zero-order chi connectivity index (χ0) is 19.5. The number of nitrogens with zero attached hydrogens (tertiary/aromatic N) is 5. The molecule has 4 aromatic rings. The molecule has 0 aliphatic rings. The monoisotopic (exact) mass is 394 g/mol. The zero-order valence-corrected chi connectivity index (χ0v) is 14.9. The molecule has 0 saturated carbocycles. The van der Waals surface area contributed by atoms with Crippen LogP contribution in [-0.2, 0) is 0 Å². The van der Waals surface area contributed by atoms with Crippen molar-refractivity contribution in [2.24, 2.45) is 0 Å². The van der Waals surface area contributed by atoms with Crippen LogP contribution in [0.2, 0.25) is 5.15 Å². The zero-order valence-electron chi connectivity index (χ0n) is 14.1. The maximum Gasteiger partial charge on any atom is 0.373 e. The lowest BCUT2D eigenvalue weighted by molar-refractivity contribution is -0.385. The molecule has 0 amide bonds. The maximum absolute atomic E-state index is 11.7. The average Bonchev–Trinajstić information content (AvgIpc) is 2.70. The van der Waals surface area contributed by atoms with Gasteiger partial charge in [0.05, 0.1) is 10.6 Å². The van der Waals surface area contributed by atoms with Gasteiger partial charge in [0.2, 0.25) is 5.82 Å². The van der Waals surface area contributed by atoms with E-state index < -0.39 is 10.6 Å². The van der Waals surface area contributed by atoms with Crippen molar-refractivity contribution in [2.75, 3.05) is 5.32 Å². The standard InChI is InChI=1S/C18H11ClN6O3/c19-16-12(6-3-9-21-16)24-17-15(25(26)27)18(23-10-22-17)28-13-7-1-4-11-5-2-8-20-14(11)13/h1-10H,(H,22,23,24). The molecule has 28 heavy (non-hydrogen) atoms. The Morgan fingerprint density at radius 3 is 2.61 bits per heavy atom. The van der Waals surface area contributed by atoms with Gasteiger partial charge in [0, 0.05) is 17.8 Å². The first-order chi connectivity index (χ1) is 13.6. The summed E-state index contributed by atoms with van der Waals surface area (Å²) in [5, 5.41) is 15.5. The fourth-order valence-corrected chi connectivity index (χ4v) is 2.73. The predicted molar refractivity (Wildman–Crippen MR) is 103 cm³/mol. The number of halogens is 1. The molecule has 0 spiro atoms. The van der Waals surface area contributed by atoms with Crippen LogP contribution in [0.15, 0.2) is 61.2 Å². The molecule has 0 fully saturated rings. The van der Waals surface area contributed by atoms with E-state index in [2.05, 4.69) is 25.3 Å².